The van der Waals surface area contributed by atoms with Crippen LogP contribution < -0.4 is 5.32 Å². The summed E-state index contributed by atoms with van der Waals surface area (Å²) in [7, 11) is 0. The zero-order chi connectivity index (χ0) is 28.9. The van der Waals surface area contributed by atoms with E-state index in [4.69, 9.17) is 37.9 Å². The summed E-state index contributed by atoms with van der Waals surface area (Å²) < 4.78 is 44.2. The zero-order valence-corrected chi connectivity index (χ0v) is 24.2. The number of amides is 2. The number of imide groups is 1. The summed E-state index contributed by atoms with van der Waals surface area (Å²) >= 11 is 0. The second-order valence-electron chi connectivity index (χ2n) is 9.88. The minimum atomic E-state index is -0.832. The van der Waals surface area contributed by atoms with Crippen molar-refractivity contribution in [3.8, 4) is 0 Å². The molecular weight excluding hydrogens is 534 g/mol. The van der Waals surface area contributed by atoms with Gasteiger partial charge in [0.1, 0.15) is 6.61 Å². The Kier molecular flexibility index (Phi) is 16.9. The monoisotopic (exact) mass is 581 g/mol. The maximum atomic E-state index is 12.3. The van der Waals surface area contributed by atoms with Crippen LogP contribution >= 0.6 is 0 Å². The molecule has 0 aromatic rings. The minimum Gasteiger partial charge on any atom is -0.496 e. The molecule has 3 aliphatic rings. The van der Waals surface area contributed by atoms with Crippen molar-refractivity contribution in [3.63, 3.8) is 0 Å². The zero-order valence-electron chi connectivity index (χ0n) is 24.2. The van der Waals surface area contributed by atoms with E-state index in [0.717, 1.165) is 18.6 Å². The van der Waals surface area contributed by atoms with Gasteiger partial charge in [0, 0.05) is 13.0 Å². The van der Waals surface area contributed by atoms with E-state index in [1.54, 1.807) is 24.3 Å². The van der Waals surface area contributed by atoms with Crippen LogP contribution in [-0.2, 0) is 47.5 Å². The fourth-order valence-electron chi connectivity index (χ4n) is 4.71. The number of rotatable bonds is 25. The maximum absolute atomic E-state index is 12.3. The fourth-order valence-corrected chi connectivity index (χ4v) is 4.71. The molecule has 0 radical (unpaired) electrons. The Morgan fingerprint density at radius 3 is 1.68 bits per heavy atom. The summed E-state index contributed by atoms with van der Waals surface area (Å²) in [5, 5.41) is 2.42. The van der Waals surface area contributed by atoms with E-state index >= 15 is 0 Å². The van der Waals surface area contributed by atoms with E-state index in [1.165, 1.54) is 12.8 Å². The van der Waals surface area contributed by atoms with Crippen LogP contribution in [0, 0.1) is 11.3 Å². The largest absolute Gasteiger partial charge is 0.496 e. The van der Waals surface area contributed by atoms with Crippen LogP contribution in [0.2, 0.25) is 0 Å². The van der Waals surface area contributed by atoms with Crippen molar-refractivity contribution < 1.29 is 47.5 Å². The molecule has 11 heteroatoms. The smallest absolute Gasteiger partial charge is 0.237 e. The van der Waals surface area contributed by atoms with Gasteiger partial charge in [-0.3, -0.25) is 14.9 Å². The standard InChI is InChI=1S/C30H47NO10/c32-28-27-8-4-5-9-30(27,29(33)31-28)10-11-34-12-13-35-14-15-36-16-17-37-18-19-38-20-21-39-22-23-40-24-25-41-26-6-2-1-3-7-26/h4-6,8-9,27H,1-3,7,10-25H2,(H,31,32,33). The SMILES string of the molecule is O=C1NC(=O)C2(CCOCCOCCOCCOCCOCCOCCOCCOC3=CCCCC3)C=CC=CC12. The molecule has 0 saturated carbocycles. The van der Waals surface area contributed by atoms with Gasteiger partial charge in [-0.05, 0) is 31.8 Å². The summed E-state index contributed by atoms with van der Waals surface area (Å²) in [4.78, 5) is 24.3. The van der Waals surface area contributed by atoms with Crippen LogP contribution in [-0.4, -0.2) is 111 Å². The van der Waals surface area contributed by atoms with E-state index in [2.05, 4.69) is 11.4 Å². The third kappa shape index (κ3) is 12.7. The molecule has 1 N–H and O–H groups in total. The lowest BCUT2D eigenvalue weighted by molar-refractivity contribution is -0.127. The highest BCUT2D eigenvalue weighted by atomic mass is 16.6. The average molecular weight is 582 g/mol. The lowest BCUT2D eigenvalue weighted by Gasteiger charge is -2.28. The van der Waals surface area contributed by atoms with Crippen LogP contribution in [0.1, 0.15) is 32.1 Å². The molecule has 11 nitrogen and oxygen atoms in total. The maximum Gasteiger partial charge on any atom is 0.237 e. The van der Waals surface area contributed by atoms with Crippen LogP contribution in [0.3, 0.4) is 0 Å². The van der Waals surface area contributed by atoms with Gasteiger partial charge in [-0.15, -0.1) is 0 Å². The molecule has 2 atom stereocenters. The Morgan fingerprint density at radius 1 is 0.659 bits per heavy atom. The predicted octanol–water partition coefficient (Wildman–Crippen LogP) is 2.35. The van der Waals surface area contributed by atoms with Crippen LogP contribution in [0.15, 0.2) is 36.1 Å². The second-order valence-corrected chi connectivity index (χ2v) is 9.88. The molecule has 2 aliphatic carbocycles. The molecule has 232 valence electrons. The first kappa shape index (κ1) is 33.4. The normalized spacial score (nSPS) is 21.7. The number of ether oxygens (including phenoxy) is 8. The molecule has 0 aromatic heterocycles. The third-order valence-corrected chi connectivity index (χ3v) is 6.96. The second kappa shape index (κ2) is 20.7. The number of hydrogen-bond acceptors (Lipinski definition) is 10. The molecule has 1 aliphatic heterocycles. The van der Waals surface area contributed by atoms with Crippen molar-refractivity contribution in [2.45, 2.75) is 32.1 Å². The van der Waals surface area contributed by atoms with E-state index < -0.39 is 11.3 Å². The van der Waals surface area contributed by atoms with Gasteiger partial charge in [0.15, 0.2) is 0 Å². The van der Waals surface area contributed by atoms with E-state index in [1.807, 2.05) is 0 Å². The molecule has 1 saturated heterocycles. The van der Waals surface area contributed by atoms with Gasteiger partial charge >= 0.3 is 0 Å². The topological polar surface area (TPSA) is 120 Å². The molecule has 2 amide bonds. The third-order valence-electron chi connectivity index (χ3n) is 6.96. The molecule has 2 unspecified atom stereocenters. The summed E-state index contributed by atoms with van der Waals surface area (Å²) in [6.07, 6.45) is 14.5. The Morgan fingerprint density at radius 2 is 1.17 bits per heavy atom. The lowest BCUT2D eigenvalue weighted by atomic mass is 9.72. The highest BCUT2D eigenvalue weighted by Gasteiger charge is 2.52. The number of nitrogens with one attached hydrogen (secondary N) is 1. The Balaban J connectivity index is 0.980. The van der Waals surface area contributed by atoms with Gasteiger partial charge in [0.25, 0.3) is 0 Å². The summed E-state index contributed by atoms with van der Waals surface area (Å²) in [5.41, 5.74) is -0.832. The predicted molar refractivity (Wildman–Crippen MR) is 150 cm³/mol. The number of carbonyl (C=O) groups excluding carboxylic acids is 2. The van der Waals surface area contributed by atoms with E-state index in [9.17, 15) is 9.59 Å². The first-order chi connectivity index (χ1) is 20.2. The number of allylic oxidation sites excluding steroid dienone is 4. The van der Waals surface area contributed by atoms with Crippen molar-refractivity contribution >= 4 is 11.8 Å². The van der Waals surface area contributed by atoms with Gasteiger partial charge < -0.3 is 37.9 Å². The van der Waals surface area contributed by atoms with Crippen LogP contribution in [0.5, 0.6) is 0 Å². The molecular formula is C30H47NO10. The Bertz CT molecular complexity index is 845. The summed E-state index contributed by atoms with van der Waals surface area (Å²) in [5.74, 6) is 0.145. The van der Waals surface area contributed by atoms with Gasteiger partial charge in [-0.2, -0.15) is 0 Å². The lowest BCUT2D eigenvalue weighted by Crippen LogP contribution is -2.35. The molecule has 0 aromatic carbocycles. The van der Waals surface area contributed by atoms with Crippen LogP contribution in [0.25, 0.3) is 0 Å². The van der Waals surface area contributed by atoms with E-state index in [-0.39, 0.29) is 11.8 Å². The molecule has 3 rings (SSSR count). The minimum absolute atomic E-state index is 0.249. The summed E-state index contributed by atoms with van der Waals surface area (Å²) in [6.45, 7) is 7.41. The number of hydrogen-bond donors (Lipinski definition) is 1. The van der Waals surface area contributed by atoms with E-state index in [0.29, 0.717) is 106 Å². The molecule has 0 spiro atoms. The molecule has 0 bridgehead atoms. The Labute approximate surface area is 243 Å². The van der Waals surface area contributed by atoms with Crippen molar-refractivity contribution in [1.82, 2.24) is 5.32 Å². The average Bonchev–Trinajstić information content (AvgIpc) is 3.25. The first-order valence-corrected chi connectivity index (χ1v) is 14.8. The first-order valence-electron chi connectivity index (χ1n) is 14.8. The fraction of sp³-hybridized carbons (Fsp3) is 0.733. The Hall–Kier alpha value is -2.12. The van der Waals surface area contributed by atoms with Gasteiger partial charge in [-0.1, -0.05) is 24.3 Å². The van der Waals surface area contributed by atoms with Gasteiger partial charge in [0.05, 0.1) is 103 Å². The molecule has 1 fully saturated rings. The van der Waals surface area contributed by atoms with Gasteiger partial charge in [0.2, 0.25) is 11.8 Å². The van der Waals surface area contributed by atoms with Gasteiger partial charge in [-0.25, -0.2) is 0 Å². The quantitative estimate of drug-likeness (QED) is 0.127. The van der Waals surface area contributed by atoms with Crippen molar-refractivity contribution in [2.75, 3.05) is 99.1 Å². The van der Waals surface area contributed by atoms with Crippen molar-refractivity contribution in [3.05, 3.63) is 36.1 Å². The summed E-state index contributed by atoms with van der Waals surface area (Å²) in [6, 6.07) is 0. The number of carbonyl (C=O) groups is 2. The molecule has 1 heterocycles. The highest BCUT2D eigenvalue weighted by Crippen LogP contribution is 2.41. The van der Waals surface area contributed by atoms with Crippen molar-refractivity contribution in [1.29, 1.82) is 0 Å². The molecule has 41 heavy (non-hydrogen) atoms. The number of fused-ring (bicyclic) bond motifs is 1. The van der Waals surface area contributed by atoms with Crippen molar-refractivity contribution in [2.24, 2.45) is 11.3 Å². The highest BCUT2D eigenvalue weighted by molar-refractivity contribution is 6.09. The van der Waals surface area contributed by atoms with Crippen LogP contribution in [0.4, 0.5) is 0 Å².